The van der Waals surface area contributed by atoms with E-state index in [9.17, 15) is 18.3 Å². The maximum Gasteiger partial charge on any atom is 0.314 e. The van der Waals surface area contributed by atoms with E-state index in [0.717, 1.165) is 16.7 Å². The molecule has 0 radical (unpaired) electrons. The molecule has 5 rings (SSSR count). The van der Waals surface area contributed by atoms with E-state index >= 15 is 0 Å². The number of nitrogens with zero attached hydrogens (tertiary/aromatic N) is 1. The molecule has 9 heteroatoms. The predicted octanol–water partition coefficient (Wildman–Crippen LogP) is 5.72. The van der Waals surface area contributed by atoms with Gasteiger partial charge in [0.2, 0.25) is 10.0 Å². The minimum atomic E-state index is -3.76. The van der Waals surface area contributed by atoms with Crippen molar-refractivity contribution in [3.05, 3.63) is 95.1 Å². The molecule has 1 aliphatic rings. The number of nitrogens with one attached hydrogen (secondary N) is 1. The first kappa shape index (κ1) is 23.1. The van der Waals surface area contributed by atoms with Crippen LogP contribution >= 0.6 is 11.6 Å². The Labute approximate surface area is 207 Å². The lowest BCUT2D eigenvalue weighted by Crippen LogP contribution is -2.19. The van der Waals surface area contributed by atoms with Crippen LogP contribution < -0.4 is 4.72 Å². The number of carboxylic acid groups (broad SMARTS) is 1. The van der Waals surface area contributed by atoms with Gasteiger partial charge in [-0.2, -0.15) is 0 Å². The van der Waals surface area contributed by atoms with Crippen LogP contribution in [0.25, 0.3) is 22.5 Å². The summed E-state index contributed by atoms with van der Waals surface area (Å²) >= 11 is 6.07. The van der Waals surface area contributed by atoms with E-state index in [1.54, 1.807) is 24.3 Å². The summed E-state index contributed by atoms with van der Waals surface area (Å²) in [5, 5.41) is 13.6. The number of sulfonamides is 1. The van der Waals surface area contributed by atoms with Crippen molar-refractivity contribution < 1.29 is 22.8 Å². The summed E-state index contributed by atoms with van der Waals surface area (Å²) in [5.41, 5.74) is 3.40. The number of carboxylic acids is 1. The molecule has 0 spiro atoms. The molecule has 35 heavy (non-hydrogen) atoms. The minimum absolute atomic E-state index is 0.304. The van der Waals surface area contributed by atoms with Crippen LogP contribution in [0.5, 0.6) is 0 Å². The lowest BCUT2D eigenvalue weighted by atomic mass is 9.93. The van der Waals surface area contributed by atoms with Crippen molar-refractivity contribution in [2.24, 2.45) is 0 Å². The predicted molar refractivity (Wildman–Crippen MR) is 134 cm³/mol. The highest BCUT2D eigenvalue weighted by Gasteiger charge is 2.51. The van der Waals surface area contributed by atoms with Crippen LogP contribution in [0.3, 0.4) is 0 Å². The first-order valence-corrected chi connectivity index (χ1v) is 12.9. The molecular weight excluding hydrogens is 488 g/mol. The van der Waals surface area contributed by atoms with E-state index in [4.69, 9.17) is 16.1 Å². The third-order valence-electron chi connectivity index (χ3n) is 6.21. The van der Waals surface area contributed by atoms with Gasteiger partial charge in [0.05, 0.1) is 28.1 Å². The van der Waals surface area contributed by atoms with Crippen LogP contribution in [0.1, 0.15) is 24.0 Å². The van der Waals surface area contributed by atoms with E-state index in [1.165, 1.54) is 6.20 Å². The summed E-state index contributed by atoms with van der Waals surface area (Å²) in [6, 6.07) is 21.7. The molecule has 178 valence electrons. The fourth-order valence-corrected chi connectivity index (χ4v) is 5.54. The molecule has 0 atom stereocenters. The van der Waals surface area contributed by atoms with Gasteiger partial charge in [0.15, 0.2) is 5.76 Å². The van der Waals surface area contributed by atoms with Crippen LogP contribution in [0, 0.1) is 0 Å². The number of hydrogen-bond acceptors (Lipinski definition) is 5. The van der Waals surface area contributed by atoms with Crippen LogP contribution in [-0.4, -0.2) is 24.7 Å². The lowest BCUT2D eigenvalue weighted by molar-refractivity contribution is -0.140. The first-order valence-electron chi connectivity index (χ1n) is 10.9. The molecule has 0 bridgehead atoms. The Morgan fingerprint density at radius 2 is 1.57 bits per heavy atom. The maximum atomic E-state index is 12.7. The Morgan fingerprint density at radius 1 is 0.971 bits per heavy atom. The lowest BCUT2D eigenvalue weighted by Gasteiger charge is -2.11. The van der Waals surface area contributed by atoms with Gasteiger partial charge in [0.25, 0.3) is 0 Å². The summed E-state index contributed by atoms with van der Waals surface area (Å²) in [6.07, 6.45) is 2.73. The van der Waals surface area contributed by atoms with Gasteiger partial charge in [-0.05, 0) is 41.7 Å². The largest absolute Gasteiger partial charge is 0.481 e. The molecule has 1 aliphatic carbocycles. The molecule has 0 aliphatic heterocycles. The van der Waals surface area contributed by atoms with E-state index in [1.807, 2.05) is 48.5 Å². The third-order valence-corrected chi connectivity index (χ3v) is 7.76. The second kappa shape index (κ2) is 8.87. The Hall–Kier alpha value is -3.62. The molecule has 0 amide bonds. The van der Waals surface area contributed by atoms with Crippen molar-refractivity contribution >= 4 is 33.3 Å². The van der Waals surface area contributed by atoms with Crippen LogP contribution in [-0.2, 0) is 26.0 Å². The number of aromatic nitrogens is 1. The summed E-state index contributed by atoms with van der Waals surface area (Å²) in [4.78, 5) is 11.5. The fourth-order valence-electron chi connectivity index (χ4n) is 4.10. The van der Waals surface area contributed by atoms with Gasteiger partial charge in [-0.25, -0.2) is 8.42 Å². The van der Waals surface area contributed by atoms with Gasteiger partial charge in [-0.1, -0.05) is 77.4 Å². The number of halogens is 1. The van der Waals surface area contributed by atoms with Crippen molar-refractivity contribution in [3.63, 3.8) is 0 Å². The van der Waals surface area contributed by atoms with Crippen molar-refractivity contribution in [3.8, 4) is 22.5 Å². The zero-order chi connectivity index (χ0) is 24.6. The standard InChI is InChI=1S/C26H21ClN2O5S/c27-22-3-1-2-4-23(22)29-35(32,33)16-20-15-28-34-24(20)19-7-5-17(6-8-19)18-9-11-21(12-10-18)26(13-14-26)25(30)31/h1-12,15,29H,13-14,16H2,(H,30,31). The van der Waals surface area contributed by atoms with Crippen molar-refractivity contribution in [1.29, 1.82) is 0 Å². The van der Waals surface area contributed by atoms with Crippen molar-refractivity contribution in [2.75, 3.05) is 4.72 Å². The number of para-hydroxylation sites is 1. The Morgan fingerprint density at radius 3 is 2.17 bits per heavy atom. The molecule has 1 fully saturated rings. The van der Waals surface area contributed by atoms with Gasteiger partial charge in [0.1, 0.15) is 0 Å². The number of anilines is 1. The zero-order valence-electron chi connectivity index (χ0n) is 18.4. The van der Waals surface area contributed by atoms with Crippen LogP contribution in [0.2, 0.25) is 5.02 Å². The van der Waals surface area contributed by atoms with E-state index < -0.39 is 21.4 Å². The smallest absolute Gasteiger partial charge is 0.314 e. The van der Waals surface area contributed by atoms with E-state index in [2.05, 4.69) is 9.88 Å². The SMILES string of the molecule is O=C(O)C1(c2ccc(-c3ccc(-c4oncc4CS(=O)(=O)Nc4ccccc4Cl)cc3)cc2)CC1. The van der Waals surface area contributed by atoms with Crippen molar-refractivity contribution in [1.82, 2.24) is 5.16 Å². The highest BCUT2D eigenvalue weighted by molar-refractivity contribution is 7.91. The normalized spacial score (nSPS) is 14.4. The number of hydrogen-bond donors (Lipinski definition) is 2. The van der Waals surface area contributed by atoms with Crippen LogP contribution in [0.15, 0.2) is 83.5 Å². The molecule has 1 saturated carbocycles. The average molecular weight is 509 g/mol. The number of aliphatic carboxylic acids is 1. The summed E-state index contributed by atoms with van der Waals surface area (Å²) in [7, 11) is -3.76. The van der Waals surface area contributed by atoms with Gasteiger partial charge in [0, 0.05) is 11.1 Å². The topological polar surface area (TPSA) is 110 Å². The van der Waals surface area contributed by atoms with E-state index in [0.29, 0.717) is 40.4 Å². The molecule has 7 nitrogen and oxygen atoms in total. The number of benzene rings is 3. The molecule has 1 heterocycles. The second-order valence-electron chi connectivity index (χ2n) is 8.56. The summed E-state index contributed by atoms with van der Waals surface area (Å²) in [5.74, 6) is -0.735. The molecule has 0 unspecified atom stereocenters. The third kappa shape index (κ3) is 4.67. The van der Waals surface area contributed by atoms with Gasteiger partial charge >= 0.3 is 5.97 Å². The molecule has 3 aromatic carbocycles. The van der Waals surface area contributed by atoms with Crippen LogP contribution in [0.4, 0.5) is 5.69 Å². The van der Waals surface area contributed by atoms with Gasteiger partial charge in [-0.3, -0.25) is 9.52 Å². The zero-order valence-corrected chi connectivity index (χ0v) is 20.0. The Balaban J connectivity index is 1.33. The average Bonchev–Trinajstić information content (AvgIpc) is 3.55. The molecular formula is C26H21ClN2O5S. The Kier molecular flexibility index (Phi) is 5.86. The number of rotatable bonds is 8. The van der Waals surface area contributed by atoms with Gasteiger partial charge < -0.3 is 9.63 Å². The fraction of sp³-hybridized carbons (Fsp3) is 0.154. The first-order chi connectivity index (χ1) is 16.8. The maximum absolute atomic E-state index is 12.7. The molecule has 0 saturated heterocycles. The molecule has 1 aromatic heterocycles. The highest BCUT2D eigenvalue weighted by Crippen LogP contribution is 2.48. The Bertz CT molecular complexity index is 1490. The quantitative estimate of drug-likeness (QED) is 0.315. The summed E-state index contributed by atoms with van der Waals surface area (Å²) < 4.78 is 33.3. The van der Waals surface area contributed by atoms with Crippen molar-refractivity contribution in [2.45, 2.75) is 24.0 Å². The second-order valence-corrected chi connectivity index (χ2v) is 10.7. The number of carbonyl (C=O) groups is 1. The van der Waals surface area contributed by atoms with Gasteiger partial charge in [-0.15, -0.1) is 0 Å². The molecule has 4 aromatic rings. The monoisotopic (exact) mass is 508 g/mol. The minimum Gasteiger partial charge on any atom is -0.481 e. The van der Waals surface area contributed by atoms with E-state index in [-0.39, 0.29) is 5.75 Å². The summed E-state index contributed by atoms with van der Waals surface area (Å²) in [6.45, 7) is 0. The molecule has 2 N–H and O–H groups in total. The highest BCUT2D eigenvalue weighted by atomic mass is 35.5.